The smallest absolute Gasteiger partial charge is 0.416 e. The summed E-state index contributed by atoms with van der Waals surface area (Å²) in [5.41, 5.74) is 0.729. The largest absolute Gasteiger partial charge is 0.496 e. The molecule has 1 N–H and O–H groups in total. The van der Waals surface area contributed by atoms with Crippen LogP contribution in [0.4, 0.5) is 13.2 Å². The first kappa shape index (κ1) is 18.3. The van der Waals surface area contributed by atoms with Crippen molar-refractivity contribution >= 4 is 5.91 Å². The summed E-state index contributed by atoms with van der Waals surface area (Å²) < 4.78 is 42.7. The van der Waals surface area contributed by atoms with Gasteiger partial charge in [-0.15, -0.1) is 0 Å². The van der Waals surface area contributed by atoms with Gasteiger partial charge in [-0.1, -0.05) is 18.2 Å². The number of hydrogen-bond acceptors (Lipinski definition) is 3. The van der Waals surface area contributed by atoms with Gasteiger partial charge >= 0.3 is 6.18 Å². The molecule has 7 heteroatoms. The highest BCUT2D eigenvalue weighted by Crippen LogP contribution is 2.29. The van der Waals surface area contributed by atoms with E-state index in [1.54, 1.807) is 18.2 Å². The number of methoxy groups -OCH3 is 1. The molecule has 2 aromatic carbocycles. The third-order valence-electron chi connectivity index (χ3n) is 3.53. The summed E-state index contributed by atoms with van der Waals surface area (Å²) >= 11 is 0. The lowest BCUT2D eigenvalue weighted by Crippen LogP contribution is -2.23. The van der Waals surface area contributed by atoms with Crippen molar-refractivity contribution in [3.63, 3.8) is 0 Å². The van der Waals surface area contributed by atoms with Crippen molar-refractivity contribution in [1.82, 2.24) is 5.32 Å². The molecule has 0 aliphatic heterocycles. The van der Waals surface area contributed by atoms with E-state index in [2.05, 4.69) is 5.32 Å². The number of alkyl halides is 3. The van der Waals surface area contributed by atoms with Gasteiger partial charge in [0.2, 0.25) is 0 Å². The van der Waals surface area contributed by atoms with Crippen molar-refractivity contribution in [3.05, 3.63) is 64.7 Å². The van der Waals surface area contributed by atoms with Crippen molar-refractivity contribution in [2.45, 2.75) is 19.1 Å². The molecule has 0 bridgehead atoms. The van der Waals surface area contributed by atoms with Gasteiger partial charge in [-0.25, -0.2) is 0 Å². The lowest BCUT2D eigenvalue weighted by molar-refractivity contribution is -0.137. The van der Waals surface area contributed by atoms with Gasteiger partial charge < -0.3 is 10.1 Å². The van der Waals surface area contributed by atoms with Gasteiger partial charge in [0.25, 0.3) is 5.91 Å². The fourth-order valence-corrected chi connectivity index (χ4v) is 2.22. The van der Waals surface area contributed by atoms with Crippen molar-refractivity contribution in [3.8, 4) is 11.8 Å². The van der Waals surface area contributed by atoms with Crippen LogP contribution in [0.15, 0.2) is 42.5 Å². The summed E-state index contributed by atoms with van der Waals surface area (Å²) in [6.07, 6.45) is -4.24. The van der Waals surface area contributed by atoms with Gasteiger partial charge in [0, 0.05) is 6.54 Å². The number of nitriles is 1. The van der Waals surface area contributed by atoms with Gasteiger partial charge in [-0.05, 0) is 35.4 Å². The second-order valence-corrected chi connectivity index (χ2v) is 5.25. The Morgan fingerprint density at radius 1 is 1.16 bits per heavy atom. The van der Waals surface area contributed by atoms with Crippen molar-refractivity contribution in [1.29, 1.82) is 5.26 Å². The zero-order chi connectivity index (χ0) is 18.4. The SMILES string of the molecule is COc1ccc(CC#N)cc1C(=O)NCc1ccc(C(F)(F)F)cc1. The molecule has 0 fully saturated rings. The Hall–Kier alpha value is -3.01. The molecule has 1 amide bonds. The monoisotopic (exact) mass is 348 g/mol. The van der Waals surface area contributed by atoms with E-state index in [0.29, 0.717) is 16.9 Å². The number of carbonyl (C=O) groups excluding carboxylic acids is 1. The highest BCUT2D eigenvalue weighted by atomic mass is 19.4. The molecule has 130 valence electrons. The average Bonchev–Trinajstić information content (AvgIpc) is 2.59. The number of ether oxygens (including phenoxy) is 1. The first-order chi connectivity index (χ1) is 11.8. The molecule has 0 saturated carbocycles. The van der Waals surface area contributed by atoms with Gasteiger partial charge in [0.1, 0.15) is 5.75 Å². The first-order valence-corrected chi connectivity index (χ1v) is 7.33. The number of halogens is 3. The second-order valence-electron chi connectivity index (χ2n) is 5.25. The molecule has 25 heavy (non-hydrogen) atoms. The molecule has 0 saturated heterocycles. The predicted octanol–water partition coefficient (Wildman–Crippen LogP) is 3.71. The summed E-state index contributed by atoms with van der Waals surface area (Å²) in [5, 5.41) is 11.4. The average molecular weight is 348 g/mol. The van der Waals surface area contributed by atoms with Gasteiger partial charge in [0.15, 0.2) is 0 Å². The quantitative estimate of drug-likeness (QED) is 0.896. The van der Waals surface area contributed by atoms with Crippen LogP contribution in [0.5, 0.6) is 5.75 Å². The van der Waals surface area contributed by atoms with E-state index in [1.807, 2.05) is 6.07 Å². The topological polar surface area (TPSA) is 62.1 Å². The standard InChI is InChI=1S/C18H15F3N2O2/c1-25-16-7-4-12(8-9-22)10-15(16)17(24)23-11-13-2-5-14(6-3-13)18(19,20)21/h2-7,10H,8,11H2,1H3,(H,23,24). The summed E-state index contributed by atoms with van der Waals surface area (Å²) in [6.45, 7) is 0.0720. The van der Waals surface area contributed by atoms with E-state index in [1.165, 1.54) is 19.2 Å². The zero-order valence-corrected chi connectivity index (χ0v) is 13.4. The third kappa shape index (κ3) is 4.73. The number of amides is 1. The molecule has 4 nitrogen and oxygen atoms in total. The Balaban J connectivity index is 2.10. The molecule has 2 rings (SSSR count). The second kappa shape index (κ2) is 7.71. The normalized spacial score (nSPS) is 10.8. The van der Waals surface area contributed by atoms with Crippen molar-refractivity contribution < 1.29 is 22.7 Å². The number of hydrogen-bond donors (Lipinski definition) is 1. The lowest BCUT2D eigenvalue weighted by Gasteiger charge is -2.11. The fraction of sp³-hybridized carbons (Fsp3) is 0.222. The molecule has 2 aromatic rings. The van der Waals surface area contributed by atoms with Crippen LogP contribution >= 0.6 is 0 Å². The molecule has 0 atom stereocenters. The van der Waals surface area contributed by atoms with Crippen LogP contribution < -0.4 is 10.1 Å². The molecule has 0 aliphatic carbocycles. The molecule has 0 aliphatic rings. The Bertz CT molecular complexity index is 793. The Labute approximate surface area is 142 Å². The number of rotatable bonds is 5. The Morgan fingerprint density at radius 3 is 2.36 bits per heavy atom. The maximum atomic E-state index is 12.5. The van der Waals surface area contributed by atoms with Crippen LogP contribution in [0, 0.1) is 11.3 Å². The zero-order valence-electron chi connectivity index (χ0n) is 13.4. The summed E-state index contributed by atoms with van der Waals surface area (Å²) in [5.74, 6) is -0.0804. The summed E-state index contributed by atoms with van der Waals surface area (Å²) in [4.78, 5) is 12.3. The predicted molar refractivity (Wildman–Crippen MR) is 84.9 cm³/mol. The van der Waals surface area contributed by atoms with Crippen LogP contribution in [0.2, 0.25) is 0 Å². The van der Waals surface area contributed by atoms with Gasteiger partial charge in [-0.2, -0.15) is 18.4 Å². The Morgan fingerprint density at radius 2 is 1.80 bits per heavy atom. The number of nitrogens with one attached hydrogen (secondary N) is 1. The molecule has 0 aromatic heterocycles. The minimum Gasteiger partial charge on any atom is -0.496 e. The highest BCUT2D eigenvalue weighted by Gasteiger charge is 2.29. The summed E-state index contributed by atoms with van der Waals surface area (Å²) in [6, 6.07) is 11.4. The number of benzene rings is 2. The molecular weight excluding hydrogens is 333 g/mol. The van der Waals surface area contributed by atoms with E-state index >= 15 is 0 Å². The van der Waals surface area contributed by atoms with E-state index < -0.39 is 17.6 Å². The number of nitrogens with zero attached hydrogens (tertiary/aromatic N) is 1. The number of carbonyl (C=O) groups is 1. The molecular formula is C18H15F3N2O2. The van der Waals surface area contributed by atoms with Crippen LogP contribution in [-0.2, 0) is 19.1 Å². The maximum absolute atomic E-state index is 12.5. The lowest BCUT2D eigenvalue weighted by atomic mass is 10.1. The van der Waals surface area contributed by atoms with E-state index in [-0.39, 0.29) is 18.5 Å². The maximum Gasteiger partial charge on any atom is 0.416 e. The van der Waals surface area contributed by atoms with Gasteiger partial charge in [-0.3, -0.25) is 4.79 Å². The molecule has 0 heterocycles. The van der Waals surface area contributed by atoms with Crippen LogP contribution in [0.3, 0.4) is 0 Å². The highest BCUT2D eigenvalue weighted by molar-refractivity contribution is 5.97. The van der Waals surface area contributed by atoms with Crippen molar-refractivity contribution in [2.24, 2.45) is 0 Å². The molecule has 0 spiro atoms. The first-order valence-electron chi connectivity index (χ1n) is 7.33. The fourth-order valence-electron chi connectivity index (χ4n) is 2.22. The van der Waals surface area contributed by atoms with E-state index in [0.717, 1.165) is 12.1 Å². The Kier molecular flexibility index (Phi) is 5.65. The summed E-state index contributed by atoms with van der Waals surface area (Å²) in [7, 11) is 1.42. The van der Waals surface area contributed by atoms with E-state index in [9.17, 15) is 18.0 Å². The van der Waals surface area contributed by atoms with Crippen molar-refractivity contribution in [2.75, 3.05) is 7.11 Å². The van der Waals surface area contributed by atoms with E-state index in [4.69, 9.17) is 10.00 Å². The van der Waals surface area contributed by atoms with Gasteiger partial charge in [0.05, 0.1) is 30.7 Å². The third-order valence-corrected chi connectivity index (χ3v) is 3.53. The van der Waals surface area contributed by atoms with Crippen LogP contribution in [0.1, 0.15) is 27.0 Å². The minimum absolute atomic E-state index is 0.0720. The molecule has 0 unspecified atom stereocenters. The van der Waals surface area contributed by atoms with Crippen LogP contribution in [0.25, 0.3) is 0 Å². The minimum atomic E-state index is -4.39. The molecule has 0 radical (unpaired) electrons. The van der Waals surface area contributed by atoms with Crippen LogP contribution in [-0.4, -0.2) is 13.0 Å².